The first-order chi connectivity index (χ1) is 18.0. The number of carboxylic acids is 1. The van der Waals surface area contributed by atoms with Gasteiger partial charge in [-0.1, -0.05) is 53.2 Å². The van der Waals surface area contributed by atoms with Gasteiger partial charge < -0.3 is 14.9 Å². The van der Waals surface area contributed by atoms with Crippen molar-refractivity contribution in [2.75, 3.05) is 6.61 Å². The third kappa shape index (κ3) is 3.67. The number of rotatable bonds is 3. The molecule has 2 N–H and O–H groups in total. The van der Waals surface area contributed by atoms with Crippen LogP contribution in [-0.4, -0.2) is 34.9 Å². The lowest BCUT2D eigenvalue weighted by Crippen LogP contribution is -2.68. The highest BCUT2D eigenvalue weighted by Crippen LogP contribution is 2.76. The second-order valence-corrected chi connectivity index (χ2v) is 15.9. The fourth-order valence-corrected chi connectivity index (χ4v) is 11.3. The van der Waals surface area contributed by atoms with Crippen molar-refractivity contribution in [3.63, 3.8) is 0 Å². The average molecular weight is 540 g/mol. The summed E-state index contributed by atoms with van der Waals surface area (Å²) in [6.45, 7) is 15.1. The topological polar surface area (TPSA) is 108 Å². The fourth-order valence-electron chi connectivity index (χ4n) is 11.3. The molecular weight excluding hydrogens is 490 g/mol. The summed E-state index contributed by atoms with van der Waals surface area (Å²) in [5.74, 6) is -1.13. The lowest BCUT2D eigenvalue weighted by Gasteiger charge is -2.71. The van der Waals surface area contributed by atoms with Crippen LogP contribution in [0.5, 0.6) is 0 Å². The molecule has 5 unspecified atom stereocenters. The quantitative estimate of drug-likeness (QED) is 0.312. The number of carbonyl (C=O) groups excluding carboxylic acids is 1. The van der Waals surface area contributed by atoms with Gasteiger partial charge >= 0.3 is 11.9 Å². The predicted molar refractivity (Wildman–Crippen MR) is 148 cm³/mol. The number of fused-ring (bicyclic) bond motifs is 7. The zero-order valence-corrected chi connectivity index (χ0v) is 25.1. The van der Waals surface area contributed by atoms with E-state index in [0.29, 0.717) is 12.8 Å². The number of hydrogen-bond acceptors (Lipinski definition) is 5. The number of aliphatic hydroxyl groups excluding tert-OH is 1. The van der Waals surface area contributed by atoms with Crippen LogP contribution in [0.25, 0.3) is 0 Å². The summed E-state index contributed by atoms with van der Waals surface area (Å²) in [6.07, 6.45) is 9.27. The molecule has 0 aromatic rings. The van der Waals surface area contributed by atoms with Crippen molar-refractivity contribution in [2.45, 2.75) is 112 Å². The highest BCUT2D eigenvalue weighted by Gasteiger charge is 2.71. The Morgan fingerprint density at radius 3 is 2.28 bits per heavy atom. The van der Waals surface area contributed by atoms with Crippen LogP contribution >= 0.6 is 0 Å². The number of aliphatic carboxylic acids is 1. The van der Waals surface area contributed by atoms with Gasteiger partial charge in [-0.15, -0.1) is 0 Å². The number of hydrogen-bond donors (Lipinski definition) is 2. The summed E-state index contributed by atoms with van der Waals surface area (Å²) < 4.78 is 5.82. The number of nitriles is 1. The van der Waals surface area contributed by atoms with Gasteiger partial charge in [-0.3, -0.25) is 9.59 Å². The number of nitrogens with zero attached hydrogens (tertiary/aromatic N) is 1. The van der Waals surface area contributed by atoms with E-state index in [9.17, 15) is 25.1 Å². The van der Waals surface area contributed by atoms with Crippen molar-refractivity contribution in [1.29, 1.82) is 5.26 Å². The highest BCUT2D eigenvalue weighted by atomic mass is 16.5. The van der Waals surface area contributed by atoms with Crippen LogP contribution in [0.2, 0.25) is 0 Å². The van der Waals surface area contributed by atoms with Gasteiger partial charge in [0.2, 0.25) is 0 Å². The van der Waals surface area contributed by atoms with Crippen molar-refractivity contribution in [3.8, 4) is 6.07 Å². The van der Waals surface area contributed by atoms with Gasteiger partial charge in [-0.25, -0.2) is 0 Å². The number of allylic oxidation sites excluding steroid dienone is 2. The SMILES string of the molecule is CC(=O)OC1C(C#N)C[C@@]2(CO)C(CC[C@]3(C)C2CC=C2C4CC(C)(C)CC[C@]4(C(=O)O)CC[C@]23C)C1(C)C. The van der Waals surface area contributed by atoms with Crippen molar-refractivity contribution in [1.82, 2.24) is 0 Å². The van der Waals surface area contributed by atoms with E-state index in [4.69, 9.17) is 4.74 Å². The Hall–Kier alpha value is -1.87. The number of carboxylic acid groups (broad SMARTS) is 1. The van der Waals surface area contributed by atoms with Crippen molar-refractivity contribution < 1.29 is 24.5 Å². The number of carbonyl (C=O) groups is 2. The second-order valence-electron chi connectivity index (χ2n) is 15.9. The predicted octanol–water partition coefficient (Wildman–Crippen LogP) is 6.53. The number of ether oxygens (including phenoxy) is 1. The molecule has 216 valence electrons. The monoisotopic (exact) mass is 539 g/mol. The van der Waals surface area contributed by atoms with E-state index < -0.39 is 34.2 Å². The van der Waals surface area contributed by atoms with Crippen LogP contribution in [0.15, 0.2) is 11.6 Å². The van der Waals surface area contributed by atoms with Gasteiger partial charge in [0.05, 0.1) is 17.4 Å². The zero-order valence-electron chi connectivity index (χ0n) is 25.1. The van der Waals surface area contributed by atoms with Crippen molar-refractivity contribution in [3.05, 3.63) is 11.6 Å². The molecule has 0 radical (unpaired) electrons. The van der Waals surface area contributed by atoms with Gasteiger partial charge in [0, 0.05) is 24.4 Å². The first-order valence-corrected chi connectivity index (χ1v) is 15.2. The Bertz CT molecular complexity index is 1130. The molecule has 0 heterocycles. The third-order valence-corrected chi connectivity index (χ3v) is 13.5. The molecule has 39 heavy (non-hydrogen) atoms. The van der Waals surface area contributed by atoms with E-state index >= 15 is 0 Å². The van der Waals surface area contributed by atoms with Gasteiger partial charge in [0.25, 0.3) is 0 Å². The molecule has 0 aliphatic heterocycles. The van der Waals surface area contributed by atoms with Crippen LogP contribution in [0.1, 0.15) is 106 Å². The first-order valence-electron chi connectivity index (χ1n) is 15.2. The Labute approximate surface area is 234 Å². The molecular formula is C33H49NO5. The molecule has 4 fully saturated rings. The smallest absolute Gasteiger partial charge is 0.310 e. The lowest BCUT2D eigenvalue weighted by molar-refractivity contribution is -0.237. The number of aliphatic hydroxyl groups is 1. The lowest BCUT2D eigenvalue weighted by atomic mass is 9.33. The minimum absolute atomic E-state index is 0.0150. The molecule has 6 nitrogen and oxygen atoms in total. The molecule has 0 amide bonds. The molecule has 0 spiro atoms. The van der Waals surface area contributed by atoms with Crippen molar-refractivity contribution in [2.24, 2.45) is 56.2 Å². The van der Waals surface area contributed by atoms with Crippen molar-refractivity contribution >= 4 is 11.9 Å². The standard InChI is InChI=1S/C33H49NO5/c1-20(36)39-26-21(18-34)16-33(19-35)24(29(26,4)5)10-11-31(7)25(33)9-8-22-23-17-28(2,3)12-14-32(23,27(37)38)15-13-30(22,31)6/h8,21,23-26,35H,9-17,19H2,1-7H3,(H,37,38)/t21?,23?,24?,25?,26?,30-,31-,32+,33-/m1/s1. The molecule has 5 aliphatic carbocycles. The molecule has 0 aromatic heterocycles. The normalized spacial score (nSPS) is 47.7. The summed E-state index contributed by atoms with van der Waals surface area (Å²) in [6, 6.07) is 2.48. The third-order valence-electron chi connectivity index (χ3n) is 13.5. The van der Waals surface area contributed by atoms with E-state index in [0.717, 1.165) is 44.9 Å². The van der Waals surface area contributed by atoms with E-state index in [2.05, 4.69) is 53.7 Å². The molecule has 6 heteroatoms. The molecule has 9 atom stereocenters. The maximum atomic E-state index is 12.9. The van der Waals surface area contributed by atoms with Crippen LogP contribution in [0, 0.1) is 67.5 Å². The van der Waals surface area contributed by atoms with E-state index in [1.165, 1.54) is 12.5 Å². The average Bonchev–Trinajstić information content (AvgIpc) is 2.85. The second kappa shape index (κ2) is 8.81. The zero-order chi connectivity index (χ0) is 28.8. The minimum atomic E-state index is -0.675. The van der Waals surface area contributed by atoms with Crippen LogP contribution < -0.4 is 0 Å². The molecule has 5 aliphatic rings. The van der Waals surface area contributed by atoms with E-state index in [-0.39, 0.29) is 46.6 Å². The van der Waals surface area contributed by atoms with E-state index in [1.807, 2.05) is 0 Å². The minimum Gasteiger partial charge on any atom is -0.481 e. The fraction of sp³-hybridized carbons (Fsp3) is 0.848. The Morgan fingerprint density at radius 2 is 1.69 bits per heavy atom. The van der Waals surface area contributed by atoms with Crippen LogP contribution in [0.4, 0.5) is 0 Å². The molecule has 0 bridgehead atoms. The van der Waals surface area contributed by atoms with Gasteiger partial charge in [0.15, 0.2) is 0 Å². The number of esters is 1. The highest BCUT2D eigenvalue weighted by molar-refractivity contribution is 5.76. The summed E-state index contributed by atoms with van der Waals surface area (Å²) in [4.78, 5) is 24.9. The summed E-state index contributed by atoms with van der Waals surface area (Å²) in [7, 11) is 0. The largest absolute Gasteiger partial charge is 0.481 e. The molecule has 0 aromatic carbocycles. The maximum absolute atomic E-state index is 12.9. The molecule has 4 saturated carbocycles. The van der Waals surface area contributed by atoms with Crippen LogP contribution in [0.3, 0.4) is 0 Å². The molecule has 5 rings (SSSR count). The van der Waals surface area contributed by atoms with Crippen LogP contribution in [-0.2, 0) is 14.3 Å². The van der Waals surface area contributed by atoms with Gasteiger partial charge in [-0.2, -0.15) is 5.26 Å². The van der Waals surface area contributed by atoms with Gasteiger partial charge in [0.1, 0.15) is 6.10 Å². The Morgan fingerprint density at radius 1 is 1.03 bits per heavy atom. The van der Waals surface area contributed by atoms with Gasteiger partial charge in [-0.05, 0) is 91.8 Å². The van der Waals surface area contributed by atoms with E-state index in [1.54, 1.807) is 0 Å². The summed E-state index contributed by atoms with van der Waals surface area (Å²) in [5, 5.41) is 32.1. The first kappa shape index (κ1) is 28.7. The maximum Gasteiger partial charge on any atom is 0.310 e. The Balaban J connectivity index is 1.62. The summed E-state index contributed by atoms with van der Waals surface area (Å²) >= 11 is 0. The summed E-state index contributed by atoms with van der Waals surface area (Å²) in [5.41, 5.74) is -0.371. The Kier molecular flexibility index (Phi) is 6.47. The molecule has 0 saturated heterocycles.